The zero-order chi connectivity index (χ0) is 26.1. The molecule has 3 aromatic rings. The number of aldehydes is 1. The molecule has 0 aromatic heterocycles. The number of methoxy groups -OCH3 is 2. The van der Waals surface area contributed by atoms with Crippen LogP contribution in [0.25, 0.3) is 0 Å². The van der Waals surface area contributed by atoms with Gasteiger partial charge in [0.25, 0.3) is 0 Å². The molecule has 3 aromatic carbocycles. The number of hydrogen-bond donors (Lipinski definition) is 0. The molecule has 0 amide bonds. The number of anilines is 2. The fourth-order valence-electron chi connectivity index (χ4n) is 4.43. The Kier molecular flexibility index (Phi) is 7.55. The first kappa shape index (κ1) is 26.3. The van der Waals surface area contributed by atoms with E-state index >= 15 is 0 Å². The number of hydrogen-bond acceptors (Lipinski definition) is 6. The molecular formula is C29H35NO4SSi. The zero-order valence-corrected chi connectivity index (χ0v) is 24.4. The molecule has 1 heterocycles. The molecular weight excluding hydrogens is 486 g/mol. The van der Waals surface area contributed by atoms with Crippen LogP contribution in [0.3, 0.4) is 0 Å². The number of rotatable bonds is 8. The second kappa shape index (κ2) is 10.3. The van der Waals surface area contributed by atoms with Crippen molar-refractivity contribution in [2.75, 3.05) is 19.1 Å². The Morgan fingerprint density at radius 2 is 1.47 bits per heavy atom. The van der Waals surface area contributed by atoms with Gasteiger partial charge in [0.15, 0.2) is 16.0 Å². The lowest BCUT2D eigenvalue weighted by Crippen LogP contribution is -2.30. The number of ether oxygens (including phenoxy) is 2. The SMILES string of the molecule is COc1ccc2c(c1C=O)Sc1c(ccc(OC)c1C(C)(C)O[SiH2]C(C)(C)C)N2Cc1ccccc1. The minimum atomic E-state index is -0.842. The van der Waals surface area contributed by atoms with Crippen LogP contribution < -0.4 is 14.4 Å². The summed E-state index contributed by atoms with van der Waals surface area (Å²) in [6.07, 6.45) is 0.893. The predicted molar refractivity (Wildman–Crippen MR) is 150 cm³/mol. The standard InChI is InChI=1S/C29H35NO4SSi/c1-28(2,3)36-34-29(4,5)25-24(33-7)16-14-22-27(25)35-26-20(18-31)23(32-6)15-13-21(26)30(22)17-19-11-9-8-10-12-19/h8-16,18H,17,36H2,1-7H3. The maximum absolute atomic E-state index is 12.3. The molecule has 0 saturated carbocycles. The molecule has 36 heavy (non-hydrogen) atoms. The fraction of sp³-hybridized carbons (Fsp3) is 0.345. The molecule has 0 unspecified atom stereocenters. The minimum absolute atomic E-state index is 0.149. The summed E-state index contributed by atoms with van der Waals surface area (Å²) in [5.74, 6) is 1.35. The van der Waals surface area contributed by atoms with Crippen LogP contribution in [0.4, 0.5) is 11.4 Å². The Labute approximate surface area is 221 Å². The molecule has 4 rings (SSSR count). The van der Waals surface area contributed by atoms with Gasteiger partial charge in [0.2, 0.25) is 0 Å². The summed E-state index contributed by atoms with van der Waals surface area (Å²) < 4.78 is 18.1. The van der Waals surface area contributed by atoms with Crippen LogP contribution in [0.1, 0.15) is 56.1 Å². The largest absolute Gasteiger partial charge is 0.496 e. The van der Waals surface area contributed by atoms with Crippen LogP contribution in [0.15, 0.2) is 64.4 Å². The van der Waals surface area contributed by atoms with Crippen molar-refractivity contribution < 1.29 is 18.7 Å². The van der Waals surface area contributed by atoms with Crippen molar-refractivity contribution in [3.63, 3.8) is 0 Å². The van der Waals surface area contributed by atoms with E-state index in [-0.39, 0.29) is 5.04 Å². The second-order valence-corrected chi connectivity index (χ2v) is 14.4. The molecule has 0 atom stereocenters. The lowest BCUT2D eigenvalue weighted by molar-refractivity contribution is 0.103. The van der Waals surface area contributed by atoms with Crippen LogP contribution in [0.2, 0.25) is 5.04 Å². The third kappa shape index (κ3) is 5.19. The van der Waals surface area contributed by atoms with E-state index in [1.807, 2.05) is 36.4 Å². The molecule has 0 aliphatic carbocycles. The predicted octanol–water partition coefficient (Wildman–Crippen LogP) is 6.87. The Bertz CT molecular complexity index is 1250. The van der Waals surface area contributed by atoms with Crippen molar-refractivity contribution >= 4 is 39.2 Å². The summed E-state index contributed by atoms with van der Waals surface area (Å²) in [6.45, 7) is 11.6. The Morgan fingerprint density at radius 3 is 2.06 bits per heavy atom. The first-order valence-electron chi connectivity index (χ1n) is 12.1. The van der Waals surface area contributed by atoms with Crippen LogP contribution in [-0.2, 0) is 16.6 Å². The summed E-state index contributed by atoms with van der Waals surface area (Å²) in [5, 5.41) is 0.149. The lowest BCUT2D eigenvalue weighted by Gasteiger charge is -2.39. The van der Waals surface area contributed by atoms with Crippen molar-refractivity contribution in [1.82, 2.24) is 0 Å². The molecule has 0 radical (unpaired) electrons. The van der Waals surface area contributed by atoms with Crippen molar-refractivity contribution in [2.24, 2.45) is 0 Å². The highest BCUT2D eigenvalue weighted by atomic mass is 32.2. The third-order valence-electron chi connectivity index (χ3n) is 6.23. The van der Waals surface area contributed by atoms with E-state index in [0.717, 1.165) is 38.8 Å². The highest BCUT2D eigenvalue weighted by Gasteiger charge is 2.36. The topological polar surface area (TPSA) is 48.0 Å². The zero-order valence-electron chi connectivity index (χ0n) is 22.2. The van der Waals surface area contributed by atoms with Crippen molar-refractivity contribution in [1.29, 1.82) is 0 Å². The Morgan fingerprint density at radius 1 is 0.861 bits per heavy atom. The van der Waals surface area contributed by atoms with E-state index in [9.17, 15) is 4.79 Å². The maximum Gasteiger partial charge on any atom is 0.168 e. The number of carbonyl (C=O) groups is 1. The molecule has 0 saturated heterocycles. The molecule has 1 aliphatic heterocycles. The average molecular weight is 522 g/mol. The van der Waals surface area contributed by atoms with Gasteiger partial charge in [-0.15, -0.1) is 0 Å². The number of nitrogens with zero attached hydrogens (tertiary/aromatic N) is 1. The second-order valence-electron chi connectivity index (χ2n) is 10.7. The summed E-state index contributed by atoms with van der Waals surface area (Å²) >= 11 is 1.60. The van der Waals surface area contributed by atoms with Gasteiger partial charge in [-0.3, -0.25) is 4.79 Å². The Balaban J connectivity index is 1.94. The van der Waals surface area contributed by atoms with E-state index in [1.165, 1.54) is 5.56 Å². The molecule has 0 spiro atoms. The van der Waals surface area contributed by atoms with E-state index in [2.05, 4.69) is 57.7 Å². The third-order valence-corrected chi connectivity index (χ3v) is 9.21. The summed E-state index contributed by atoms with van der Waals surface area (Å²) in [4.78, 5) is 16.5. The van der Waals surface area contributed by atoms with Gasteiger partial charge in [-0.1, -0.05) is 62.9 Å². The van der Waals surface area contributed by atoms with E-state index in [4.69, 9.17) is 13.9 Å². The van der Waals surface area contributed by atoms with Crippen molar-refractivity contribution in [2.45, 2.75) is 61.6 Å². The van der Waals surface area contributed by atoms with Crippen molar-refractivity contribution in [3.05, 3.63) is 71.3 Å². The van der Waals surface area contributed by atoms with Gasteiger partial charge in [0.05, 0.1) is 41.7 Å². The smallest absolute Gasteiger partial charge is 0.168 e. The van der Waals surface area contributed by atoms with Crippen LogP contribution >= 0.6 is 11.8 Å². The molecule has 7 heteroatoms. The van der Waals surface area contributed by atoms with Gasteiger partial charge in [-0.2, -0.15) is 0 Å². The van der Waals surface area contributed by atoms with Gasteiger partial charge < -0.3 is 18.8 Å². The first-order valence-corrected chi connectivity index (χ1v) is 14.2. The maximum atomic E-state index is 12.3. The summed E-state index contributed by atoms with van der Waals surface area (Å²) in [6, 6.07) is 18.4. The van der Waals surface area contributed by atoms with Crippen LogP contribution in [0, 0.1) is 0 Å². The molecule has 1 aliphatic rings. The molecule has 0 bridgehead atoms. The number of fused-ring (bicyclic) bond motifs is 2. The number of carbonyl (C=O) groups excluding carboxylic acids is 1. The normalized spacial score (nSPS) is 13.5. The lowest BCUT2D eigenvalue weighted by atomic mass is 9.95. The highest BCUT2D eigenvalue weighted by molar-refractivity contribution is 8.00. The van der Waals surface area contributed by atoms with E-state index in [1.54, 1.807) is 26.0 Å². The Hall–Kier alpha value is -2.74. The van der Waals surface area contributed by atoms with Gasteiger partial charge in [-0.25, -0.2) is 0 Å². The van der Waals surface area contributed by atoms with Gasteiger partial charge >= 0.3 is 0 Å². The van der Waals surface area contributed by atoms with Crippen LogP contribution in [0.5, 0.6) is 11.5 Å². The van der Waals surface area contributed by atoms with Crippen molar-refractivity contribution in [3.8, 4) is 11.5 Å². The van der Waals surface area contributed by atoms with E-state index in [0.29, 0.717) is 17.9 Å². The molecule has 5 nitrogen and oxygen atoms in total. The molecule has 0 fully saturated rings. The molecule has 0 N–H and O–H groups in total. The first-order chi connectivity index (χ1) is 17.1. The fourth-order valence-corrected chi connectivity index (χ4v) is 6.84. The van der Waals surface area contributed by atoms with Gasteiger partial charge in [0, 0.05) is 17.0 Å². The van der Waals surface area contributed by atoms with Gasteiger partial charge in [0.1, 0.15) is 11.5 Å². The highest BCUT2D eigenvalue weighted by Crippen LogP contribution is 2.56. The summed E-state index contributed by atoms with van der Waals surface area (Å²) in [5.41, 5.74) is 4.23. The monoisotopic (exact) mass is 521 g/mol. The summed E-state index contributed by atoms with van der Waals surface area (Å²) in [7, 11) is 2.46. The van der Waals surface area contributed by atoms with Crippen LogP contribution in [-0.4, -0.2) is 30.3 Å². The quantitative estimate of drug-likeness (QED) is 0.238. The number of benzene rings is 3. The van der Waals surface area contributed by atoms with Gasteiger partial charge in [-0.05, 0) is 48.7 Å². The minimum Gasteiger partial charge on any atom is -0.496 e. The van der Waals surface area contributed by atoms with E-state index < -0.39 is 15.4 Å². The molecule has 190 valence electrons. The average Bonchev–Trinajstić information content (AvgIpc) is 2.86.